The maximum Gasteiger partial charge on any atom is 0.283 e. The van der Waals surface area contributed by atoms with Crippen molar-refractivity contribution in [3.8, 4) is 0 Å². The van der Waals surface area contributed by atoms with Crippen LogP contribution in [0.3, 0.4) is 0 Å². The van der Waals surface area contributed by atoms with Gasteiger partial charge in [-0.1, -0.05) is 6.08 Å². The van der Waals surface area contributed by atoms with Crippen LogP contribution >= 0.6 is 15.9 Å². The standard InChI is InChI=1S/C12H17BrN4O2/c1-2-4-17-12(18)11(13)10(7-16-17)15-6-9-8-19-5-3-14-9/h2,7,9,14-15H,1,3-6,8H2. The van der Waals surface area contributed by atoms with Crippen LogP contribution in [0.25, 0.3) is 0 Å². The molecule has 1 aliphatic rings. The van der Waals surface area contributed by atoms with Gasteiger partial charge < -0.3 is 15.4 Å². The summed E-state index contributed by atoms with van der Waals surface area (Å²) < 4.78 is 7.21. The monoisotopic (exact) mass is 328 g/mol. The van der Waals surface area contributed by atoms with E-state index < -0.39 is 0 Å². The SMILES string of the molecule is C=CCn1ncc(NCC2COCCN2)c(Br)c1=O. The lowest BCUT2D eigenvalue weighted by molar-refractivity contribution is 0.0806. The molecule has 1 atom stereocenters. The lowest BCUT2D eigenvalue weighted by atomic mass is 10.2. The average molecular weight is 329 g/mol. The number of rotatable bonds is 5. The summed E-state index contributed by atoms with van der Waals surface area (Å²) in [6.07, 6.45) is 3.27. The Balaban J connectivity index is 2.02. The summed E-state index contributed by atoms with van der Waals surface area (Å²) in [4.78, 5) is 12.0. The number of morpholine rings is 1. The molecule has 0 radical (unpaired) electrons. The van der Waals surface area contributed by atoms with E-state index in [2.05, 4.69) is 38.2 Å². The van der Waals surface area contributed by atoms with Crippen molar-refractivity contribution < 1.29 is 4.74 Å². The lowest BCUT2D eigenvalue weighted by Crippen LogP contribution is -2.45. The number of halogens is 1. The van der Waals surface area contributed by atoms with Crippen molar-refractivity contribution in [1.29, 1.82) is 0 Å². The normalized spacial score (nSPS) is 19.1. The molecule has 0 aromatic carbocycles. The van der Waals surface area contributed by atoms with Gasteiger partial charge in [0.05, 0.1) is 31.6 Å². The molecule has 1 unspecified atom stereocenters. The molecule has 19 heavy (non-hydrogen) atoms. The van der Waals surface area contributed by atoms with Gasteiger partial charge in [-0.25, -0.2) is 4.68 Å². The van der Waals surface area contributed by atoms with Crippen molar-refractivity contribution in [2.24, 2.45) is 0 Å². The Morgan fingerprint density at radius 1 is 1.74 bits per heavy atom. The summed E-state index contributed by atoms with van der Waals surface area (Å²) >= 11 is 3.30. The molecule has 6 nitrogen and oxygen atoms in total. The van der Waals surface area contributed by atoms with Crippen molar-refractivity contribution in [2.45, 2.75) is 12.6 Å². The molecule has 1 aliphatic heterocycles. The fraction of sp³-hybridized carbons (Fsp3) is 0.500. The van der Waals surface area contributed by atoms with Gasteiger partial charge in [-0.3, -0.25) is 4.79 Å². The van der Waals surface area contributed by atoms with E-state index in [9.17, 15) is 4.79 Å². The van der Waals surface area contributed by atoms with Gasteiger partial charge >= 0.3 is 0 Å². The Bertz CT molecular complexity index is 497. The van der Waals surface area contributed by atoms with E-state index in [0.29, 0.717) is 29.9 Å². The zero-order valence-corrected chi connectivity index (χ0v) is 12.1. The second kappa shape index (κ2) is 6.83. The molecule has 0 amide bonds. The van der Waals surface area contributed by atoms with Gasteiger partial charge in [-0.05, 0) is 15.9 Å². The van der Waals surface area contributed by atoms with Gasteiger partial charge in [0.25, 0.3) is 5.56 Å². The van der Waals surface area contributed by atoms with Crippen molar-refractivity contribution in [2.75, 3.05) is 31.6 Å². The number of hydrogen-bond donors (Lipinski definition) is 2. The summed E-state index contributed by atoms with van der Waals surface area (Å²) in [6, 6.07) is 0.247. The maximum absolute atomic E-state index is 12.0. The Morgan fingerprint density at radius 3 is 3.26 bits per heavy atom. The van der Waals surface area contributed by atoms with Crippen LogP contribution in [0.2, 0.25) is 0 Å². The largest absolute Gasteiger partial charge is 0.381 e. The van der Waals surface area contributed by atoms with Crippen molar-refractivity contribution in [3.63, 3.8) is 0 Å². The molecule has 2 heterocycles. The third-order valence-corrected chi connectivity index (χ3v) is 3.59. The Hall–Kier alpha value is -1.18. The molecule has 1 saturated heterocycles. The van der Waals surface area contributed by atoms with E-state index in [0.717, 1.165) is 13.2 Å². The minimum atomic E-state index is -0.169. The fourth-order valence-corrected chi connectivity index (χ4v) is 2.27. The van der Waals surface area contributed by atoms with E-state index in [-0.39, 0.29) is 11.6 Å². The first-order valence-electron chi connectivity index (χ1n) is 6.14. The highest BCUT2D eigenvalue weighted by molar-refractivity contribution is 9.10. The Labute approximate surface area is 120 Å². The van der Waals surface area contributed by atoms with Gasteiger partial charge in [0, 0.05) is 19.1 Å². The first-order valence-corrected chi connectivity index (χ1v) is 6.93. The number of aromatic nitrogens is 2. The molecule has 1 fully saturated rings. The molecule has 1 aromatic rings. The van der Waals surface area contributed by atoms with Crippen molar-refractivity contribution >= 4 is 21.6 Å². The molecule has 0 spiro atoms. The first-order chi connectivity index (χ1) is 9.22. The second-order valence-electron chi connectivity index (χ2n) is 4.26. The number of hydrogen-bond acceptors (Lipinski definition) is 5. The lowest BCUT2D eigenvalue weighted by Gasteiger charge is -2.24. The number of nitrogens with one attached hydrogen (secondary N) is 2. The number of anilines is 1. The summed E-state index contributed by atoms with van der Waals surface area (Å²) in [5.74, 6) is 0. The molecule has 2 N–H and O–H groups in total. The Morgan fingerprint density at radius 2 is 2.58 bits per heavy atom. The predicted octanol–water partition coefficient (Wildman–Crippen LogP) is 0.592. The smallest absolute Gasteiger partial charge is 0.283 e. The van der Waals surface area contributed by atoms with E-state index in [1.807, 2.05) is 0 Å². The van der Waals surface area contributed by atoms with Crippen LogP contribution in [-0.4, -0.2) is 42.1 Å². The van der Waals surface area contributed by atoms with Crippen LogP contribution in [0.15, 0.2) is 28.1 Å². The summed E-state index contributed by atoms with van der Waals surface area (Å²) in [6.45, 7) is 6.95. The van der Waals surface area contributed by atoms with Gasteiger partial charge in [0.15, 0.2) is 0 Å². The fourth-order valence-electron chi connectivity index (χ4n) is 1.82. The van der Waals surface area contributed by atoms with Crippen LogP contribution in [0.4, 0.5) is 5.69 Å². The van der Waals surface area contributed by atoms with E-state index in [1.165, 1.54) is 4.68 Å². The maximum atomic E-state index is 12.0. The summed E-state index contributed by atoms with van der Waals surface area (Å²) in [5, 5.41) is 10.6. The average Bonchev–Trinajstić information content (AvgIpc) is 2.44. The highest BCUT2D eigenvalue weighted by Gasteiger charge is 2.14. The van der Waals surface area contributed by atoms with E-state index in [1.54, 1.807) is 12.3 Å². The minimum absolute atomic E-state index is 0.169. The molecule has 0 aliphatic carbocycles. The van der Waals surface area contributed by atoms with Crippen molar-refractivity contribution in [3.05, 3.63) is 33.7 Å². The van der Waals surface area contributed by atoms with Gasteiger partial charge in [-0.2, -0.15) is 5.10 Å². The molecule has 7 heteroatoms. The zero-order valence-electron chi connectivity index (χ0n) is 10.6. The molecular weight excluding hydrogens is 312 g/mol. The van der Waals surface area contributed by atoms with Crippen LogP contribution < -0.4 is 16.2 Å². The van der Waals surface area contributed by atoms with Crippen molar-refractivity contribution in [1.82, 2.24) is 15.1 Å². The van der Waals surface area contributed by atoms with Crippen LogP contribution in [0.5, 0.6) is 0 Å². The third-order valence-electron chi connectivity index (χ3n) is 2.82. The number of allylic oxidation sites excluding steroid dienone is 1. The zero-order chi connectivity index (χ0) is 13.7. The molecule has 1 aromatic heterocycles. The van der Waals surface area contributed by atoms with Crippen LogP contribution in [0.1, 0.15) is 0 Å². The number of ether oxygens (including phenoxy) is 1. The quantitative estimate of drug-likeness (QED) is 0.774. The van der Waals surface area contributed by atoms with Gasteiger partial charge in [0.2, 0.25) is 0 Å². The van der Waals surface area contributed by atoms with Crippen LogP contribution in [-0.2, 0) is 11.3 Å². The minimum Gasteiger partial charge on any atom is -0.381 e. The third kappa shape index (κ3) is 3.65. The van der Waals surface area contributed by atoms with Gasteiger partial charge in [0.1, 0.15) is 4.47 Å². The van der Waals surface area contributed by atoms with Crippen LogP contribution in [0, 0.1) is 0 Å². The predicted molar refractivity (Wildman–Crippen MR) is 77.5 cm³/mol. The number of nitrogens with zero attached hydrogens (tertiary/aromatic N) is 2. The van der Waals surface area contributed by atoms with E-state index in [4.69, 9.17) is 4.74 Å². The highest BCUT2D eigenvalue weighted by Crippen LogP contribution is 2.16. The Kier molecular flexibility index (Phi) is 5.12. The summed E-state index contributed by atoms with van der Waals surface area (Å²) in [7, 11) is 0. The topological polar surface area (TPSA) is 68.2 Å². The van der Waals surface area contributed by atoms with Gasteiger partial charge in [-0.15, -0.1) is 6.58 Å². The molecule has 2 rings (SSSR count). The molecule has 0 saturated carbocycles. The summed E-state index contributed by atoms with van der Waals surface area (Å²) in [5.41, 5.74) is 0.524. The van der Waals surface area contributed by atoms with E-state index >= 15 is 0 Å². The highest BCUT2D eigenvalue weighted by atomic mass is 79.9. The second-order valence-corrected chi connectivity index (χ2v) is 5.05. The molecule has 104 valence electrons. The first kappa shape index (κ1) is 14.2. The molecular formula is C12H17BrN4O2. The molecule has 0 bridgehead atoms.